The highest BCUT2D eigenvalue weighted by Gasteiger charge is 2.16. The van der Waals surface area contributed by atoms with E-state index in [1.807, 2.05) is 12.4 Å². The van der Waals surface area contributed by atoms with E-state index in [1.54, 1.807) is 0 Å². The van der Waals surface area contributed by atoms with Crippen LogP contribution in [0, 0.1) is 6.92 Å². The minimum Gasteiger partial charge on any atom is -0.307 e. The fraction of sp³-hybridized carbons (Fsp3) is 0.375. The van der Waals surface area contributed by atoms with E-state index in [4.69, 9.17) is 0 Å². The molecule has 0 spiro atoms. The number of hydrogen-bond acceptors (Lipinski definition) is 3. The third-order valence-electron chi connectivity index (χ3n) is 3.68. The van der Waals surface area contributed by atoms with Gasteiger partial charge in [0.25, 0.3) is 0 Å². The monoisotopic (exact) mass is 253 g/mol. The number of nitrogens with one attached hydrogen (secondary N) is 1. The highest BCUT2D eigenvalue weighted by Crippen LogP contribution is 2.22. The van der Waals surface area contributed by atoms with Crippen LogP contribution in [0.15, 0.2) is 36.7 Å². The van der Waals surface area contributed by atoms with Crippen molar-refractivity contribution in [3.8, 4) is 11.1 Å². The van der Waals surface area contributed by atoms with Gasteiger partial charge in [-0.3, -0.25) is 0 Å². The van der Waals surface area contributed by atoms with Gasteiger partial charge in [0.1, 0.15) is 5.82 Å². The lowest BCUT2D eigenvalue weighted by molar-refractivity contribution is 0.397. The lowest BCUT2D eigenvalue weighted by atomic mass is 10.0. The van der Waals surface area contributed by atoms with Crippen LogP contribution >= 0.6 is 0 Å². The largest absolute Gasteiger partial charge is 0.307 e. The van der Waals surface area contributed by atoms with Gasteiger partial charge in [-0.05, 0) is 31.9 Å². The Bertz CT molecular complexity index is 525. The first kappa shape index (κ1) is 12.3. The summed E-state index contributed by atoms with van der Waals surface area (Å²) in [5.41, 5.74) is 3.53. The molecule has 0 saturated carbocycles. The number of benzene rings is 1. The smallest absolute Gasteiger partial charge is 0.145 e. The Morgan fingerprint density at radius 1 is 1.00 bits per heavy atom. The van der Waals surface area contributed by atoms with Crippen molar-refractivity contribution in [3.05, 3.63) is 48.0 Å². The Morgan fingerprint density at radius 2 is 1.74 bits per heavy atom. The van der Waals surface area contributed by atoms with Gasteiger partial charge in [0.2, 0.25) is 0 Å². The maximum atomic E-state index is 4.53. The number of piperidine rings is 1. The van der Waals surface area contributed by atoms with Crippen molar-refractivity contribution < 1.29 is 0 Å². The second-order valence-electron chi connectivity index (χ2n) is 5.20. The van der Waals surface area contributed by atoms with Gasteiger partial charge in [-0.1, -0.05) is 36.2 Å². The minimum atomic E-state index is 0.334. The summed E-state index contributed by atoms with van der Waals surface area (Å²) in [6.45, 7) is 3.17. The average Bonchev–Trinajstić information content (AvgIpc) is 2.49. The first-order valence-corrected chi connectivity index (χ1v) is 6.95. The highest BCUT2D eigenvalue weighted by molar-refractivity contribution is 5.61. The van der Waals surface area contributed by atoms with Gasteiger partial charge in [0, 0.05) is 18.0 Å². The molecule has 3 rings (SSSR count). The van der Waals surface area contributed by atoms with Crippen molar-refractivity contribution in [2.45, 2.75) is 32.2 Å². The lowest BCUT2D eigenvalue weighted by Crippen LogP contribution is -2.28. The number of nitrogens with zero attached hydrogens (tertiary/aromatic N) is 2. The van der Waals surface area contributed by atoms with Crippen LogP contribution in [0.3, 0.4) is 0 Å². The summed E-state index contributed by atoms with van der Waals surface area (Å²) < 4.78 is 0. The molecule has 2 heterocycles. The van der Waals surface area contributed by atoms with Gasteiger partial charge in [-0.25, -0.2) is 9.97 Å². The summed E-state index contributed by atoms with van der Waals surface area (Å²) in [6, 6.07) is 8.80. The molecule has 3 nitrogen and oxygen atoms in total. The lowest BCUT2D eigenvalue weighted by Gasteiger charge is -2.21. The van der Waals surface area contributed by atoms with Crippen molar-refractivity contribution >= 4 is 0 Å². The Hall–Kier alpha value is -1.74. The van der Waals surface area contributed by atoms with Gasteiger partial charge in [0.05, 0.1) is 6.04 Å². The van der Waals surface area contributed by atoms with Crippen LogP contribution in [0.2, 0.25) is 0 Å². The average molecular weight is 253 g/mol. The second kappa shape index (κ2) is 5.49. The van der Waals surface area contributed by atoms with E-state index in [0.717, 1.165) is 24.4 Å². The van der Waals surface area contributed by atoms with Crippen LogP contribution < -0.4 is 5.32 Å². The summed E-state index contributed by atoms with van der Waals surface area (Å²) in [5.74, 6) is 0.926. The third-order valence-corrected chi connectivity index (χ3v) is 3.68. The van der Waals surface area contributed by atoms with Crippen LogP contribution in [-0.2, 0) is 0 Å². The van der Waals surface area contributed by atoms with Gasteiger partial charge in [-0.2, -0.15) is 0 Å². The summed E-state index contributed by atoms with van der Waals surface area (Å²) >= 11 is 0. The van der Waals surface area contributed by atoms with Crippen molar-refractivity contribution in [2.75, 3.05) is 6.54 Å². The molecule has 1 fully saturated rings. The Kier molecular flexibility index (Phi) is 3.56. The van der Waals surface area contributed by atoms with Crippen molar-refractivity contribution in [1.29, 1.82) is 0 Å². The zero-order chi connectivity index (χ0) is 13.1. The zero-order valence-corrected chi connectivity index (χ0v) is 11.3. The number of rotatable bonds is 2. The Labute approximate surface area is 114 Å². The van der Waals surface area contributed by atoms with Crippen LogP contribution in [0.4, 0.5) is 0 Å². The summed E-state index contributed by atoms with van der Waals surface area (Å²) in [4.78, 5) is 9.06. The van der Waals surface area contributed by atoms with E-state index in [2.05, 4.69) is 46.5 Å². The van der Waals surface area contributed by atoms with E-state index in [-0.39, 0.29) is 0 Å². The quantitative estimate of drug-likeness (QED) is 0.892. The van der Waals surface area contributed by atoms with Gasteiger partial charge < -0.3 is 5.32 Å². The summed E-state index contributed by atoms with van der Waals surface area (Å²) in [6.07, 6.45) is 7.54. The van der Waals surface area contributed by atoms with E-state index in [0.29, 0.717) is 6.04 Å². The number of aromatic nitrogens is 2. The maximum absolute atomic E-state index is 4.53. The van der Waals surface area contributed by atoms with E-state index < -0.39 is 0 Å². The molecule has 3 heteroatoms. The molecule has 19 heavy (non-hydrogen) atoms. The number of aryl methyl sites for hydroxylation is 1. The maximum Gasteiger partial charge on any atom is 0.145 e. The molecule has 1 aromatic carbocycles. The molecule has 0 bridgehead atoms. The Morgan fingerprint density at radius 3 is 2.37 bits per heavy atom. The second-order valence-corrected chi connectivity index (χ2v) is 5.20. The molecule has 1 aliphatic rings. The molecular formula is C16H19N3. The summed E-state index contributed by atoms with van der Waals surface area (Å²) in [5, 5.41) is 3.48. The van der Waals surface area contributed by atoms with E-state index in [9.17, 15) is 0 Å². The fourth-order valence-electron chi connectivity index (χ4n) is 2.49. The Balaban J connectivity index is 1.80. The fourth-order valence-corrected chi connectivity index (χ4v) is 2.49. The highest BCUT2D eigenvalue weighted by atomic mass is 15.0. The molecule has 0 radical (unpaired) electrons. The van der Waals surface area contributed by atoms with Gasteiger partial charge in [0.15, 0.2) is 0 Å². The predicted molar refractivity (Wildman–Crippen MR) is 76.8 cm³/mol. The molecule has 1 aliphatic heterocycles. The molecule has 1 N–H and O–H groups in total. The van der Waals surface area contributed by atoms with Crippen molar-refractivity contribution in [1.82, 2.24) is 15.3 Å². The zero-order valence-electron chi connectivity index (χ0n) is 11.3. The van der Waals surface area contributed by atoms with Gasteiger partial charge >= 0.3 is 0 Å². The molecule has 0 aliphatic carbocycles. The van der Waals surface area contributed by atoms with E-state index in [1.165, 1.54) is 24.0 Å². The first-order chi connectivity index (χ1) is 9.33. The topological polar surface area (TPSA) is 37.8 Å². The SMILES string of the molecule is Cc1ccc(-c2cnc(C3CCCCN3)nc2)cc1. The van der Waals surface area contributed by atoms with E-state index >= 15 is 0 Å². The molecule has 1 saturated heterocycles. The molecule has 1 unspecified atom stereocenters. The number of hydrogen-bond donors (Lipinski definition) is 1. The van der Waals surface area contributed by atoms with Crippen molar-refractivity contribution in [2.24, 2.45) is 0 Å². The third kappa shape index (κ3) is 2.82. The molecule has 0 amide bonds. The first-order valence-electron chi connectivity index (χ1n) is 6.95. The minimum absolute atomic E-state index is 0.334. The van der Waals surface area contributed by atoms with Crippen LogP contribution in [0.25, 0.3) is 11.1 Å². The van der Waals surface area contributed by atoms with Crippen molar-refractivity contribution in [3.63, 3.8) is 0 Å². The standard InChI is InChI=1S/C16H19N3/c1-12-5-7-13(8-6-12)14-10-18-16(19-11-14)15-4-2-3-9-17-15/h5-8,10-11,15,17H,2-4,9H2,1H3. The van der Waals surface area contributed by atoms with Crippen LogP contribution in [0.1, 0.15) is 36.7 Å². The molecule has 98 valence electrons. The molecular weight excluding hydrogens is 234 g/mol. The van der Waals surface area contributed by atoms with Crippen LogP contribution in [-0.4, -0.2) is 16.5 Å². The normalized spacial score (nSPS) is 19.3. The summed E-state index contributed by atoms with van der Waals surface area (Å²) in [7, 11) is 0. The van der Waals surface area contributed by atoms with Gasteiger partial charge in [-0.15, -0.1) is 0 Å². The molecule has 1 aromatic heterocycles. The molecule has 2 aromatic rings. The molecule has 1 atom stereocenters. The predicted octanol–water partition coefficient (Wildman–Crippen LogP) is 3.27. The van der Waals surface area contributed by atoms with Crippen LogP contribution in [0.5, 0.6) is 0 Å².